The third kappa shape index (κ3) is 3.23. The minimum atomic E-state index is -0.954. The van der Waals surface area contributed by atoms with Crippen molar-refractivity contribution in [2.75, 3.05) is 19.1 Å². The Balaban J connectivity index is 1.95. The molecule has 1 aliphatic rings. The van der Waals surface area contributed by atoms with Gasteiger partial charge in [-0.2, -0.15) is 0 Å². The minimum Gasteiger partial charge on any atom is -0.503 e. The van der Waals surface area contributed by atoms with Gasteiger partial charge in [-0.1, -0.05) is 17.4 Å². The summed E-state index contributed by atoms with van der Waals surface area (Å²) in [7, 11) is 3.01. The molecule has 1 unspecified atom stereocenters. The van der Waals surface area contributed by atoms with E-state index in [2.05, 4.69) is 10.2 Å². The normalized spacial score (nSPS) is 16.3. The molecule has 0 spiro atoms. The fourth-order valence-corrected chi connectivity index (χ4v) is 4.70. The largest absolute Gasteiger partial charge is 0.503 e. The smallest absolute Gasteiger partial charge is 0.296 e. The second-order valence-corrected chi connectivity index (χ2v) is 8.47. The van der Waals surface area contributed by atoms with E-state index >= 15 is 0 Å². The third-order valence-electron chi connectivity index (χ3n) is 4.65. The number of thiophene rings is 1. The molecule has 1 amide bonds. The van der Waals surface area contributed by atoms with Gasteiger partial charge in [-0.25, -0.2) is 0 Å². The highest BCUT2D eigenvalue weighted by Gasteiger charge is 2.47. The van der Waals surface area contributed by atoms with Gasteiger partial charge in [0.2, 0.25) is 10.9 Å². The Hall–Kier alpha value is -3.24. The van der Waals surface area contributed by atoms with Crippen LogP contribution in [0.25, 0.3) is 0 Å². The molecule has 0 saturated heterocycles. The molecule has 154 valence electrons. The molecule has 4 rings (SSSR count). The molecule has 0 aliphatic carbocycles. The summed E-state index contributed by atoms with van der Waals surface area (Å²) in [6.07, 6.45) is 0. The van der Waals surface area contributed by atoms with Crippen LogP contribution in [0.2, 0.25) is 0 Å². The van der Waals surface area contributed by atoms with E-state index in [0.29, 0.717) is 26.9 Å². The van der Waals surface area contributed by atoms with Gasteiger partial charge in [0.05, 0.1) is 24.7 Å². The van der Waals surface area contributed by atoms with Crippen LogP contribution in [0.15, 0.2) is 47.0 Å². The number of aliphatic hydroxyl groups is 1. The zero-order valence-corrected chi connectivity index (χ0v) is 17.9. The van der Waals surface area contributed by atoms with Crippen LogP contribution in [0.3, 0.4) is 0 Å². The number of ether oxygens (including phenoxy) is 2. The summed E-state index contributed by atoms with van der Waals surface area (Å²) in [5, 5.41) is 21.5. The predicted molar refractivity (Wildman–Crippen MR) is 113 cm³/mol. The molecule has 1 atom stereocenters. The Labute approximate surface area is 180 Å². The van der Waals surface area contributed by atoms with Crippen molar-refractivity contribution >= 4 is 39.5 Å². The number of hydrogen-bond acceptors (Lipinski definition) is 9. The summed E-state index contributed by atoms with van der Waals surface area (Å²) < 4.78 is 10.8. The van der Waals surface area contributed by atoms with E-state index in [9.17, 15) is 14.7 Å². The first kappa shape index (κ1) is 20.0. The van der Waals surface area contributed by atoms with E-state index in [1.165, 1.54) is 41.8 Å². The fourth-order valence-electron chi connectivity index (χ4n) is 3.31. The van der Waals surface area contributed by atoms with E-state index in [1.807, 2.05) is 0 Å². The molecule has 2 aromatic heterocycles. The molecule has 1 N–H and O–H groups in total. The van der Waals surface area contributed by atoms with E-state index in [1.54, 1.807) is 42.6 Å². The molecule has 3 heterocycles. The number of anilines is 1. The van der Waals surface area contributed by atoms with E-state index in [0.717, 1.165) is 0 Å². The van der Waals surface area contributed by atoms with Gasteiger partial charge in [-0.3, -0.25) is 14.5 Å². The van der Waals surface area contributed by atoms with Crippen LogP contribution in [0.1, 0.15) is 26.3 Å². The van der Waals surface area contributed by atoms with Crippen LogP contribution in [0.5, 0.6) is 11.5 Å². The summed E-state index contributed by atoms with van der Waals surface area (Å²) in [5.41, 5.74) is 0.448. The molecule has 0 saturated carbocycles. The zero-order valence-electron chi connectivity index (χ0n) is 16.3. The summed E-state index contributed by atoms with van der Waals surface area (Å²) in [6, 6.07) is 7.50. The van der Waals surface area contributed by atoms with Gasteiger partial charge in [0.15, 0.2) is 5.76 Å². The number of Topliss-reactive ketones (excluding diaryl/α,β-unsaturated/α-hetero) is 1. The number of carbonyl (C=O) groups excluding carboxylic acids is 2. The molecule has 30 heavy (non-hydrogen) atoms. The number of benzene rings is 1. The maximum absolute atomic E-state index is 13.3. The Morgan fingerprint density at radius 3 is 2.60 bits per heavy atom. The van der Waals surface area contributed by atoms with Gasteiger partial charge >= 0.3 is 0 Å². The Morgan fingerprint density at radius 1 is 1.20 bits per heavy atom. The Kier molecular flexibility index (Phi) is 5.27. The summed E-state index contributed by atoms with van der Waals surface area (Å²) >= 11 is 2.42. The van der Waals surface area contributed by atoms with Crippen LogP contribution < -0.4 is 14.4 Å². The second kappa shape index (κ2) is 7.88. The molecule has 1 aromatic carbocycles. The SMILES string of the molecule is COc1ccc(OC)c(C2C(C(=O)c3cccs3)=C(O)C(=O)N2c2nnc(C)s2)c1. The van der Waals surface area contributed by atoms with Gasteiger partial charge in [0, 0.05) is 5.56 Å². The average Bonchev–Trinajstić information content (AvgIpc) is 3.48. The summed E-state index contributed by atoms with van der Waals surface area (Å²) in [6.45, 7) is 1.76. The number of methoxy groups -OCH3 is 2. The Bertz CT molecular complexity index is 1150. The van der Waals surface area contributed by atoms with Gasteiger partial charge in [-0.05, 0) is 36.6 Å². The number of ketones is 1. The van der Waals surface area contributed by atoms with Crippen LogP contribution in [0.4, 0.5) is 5.13 Å². The predicted octanol–water partition coefficient (Wildman–Crippen LogP) is 3.71. The lowest BCUT2D eigenvalue weighted by Crippen LogP contribution is -2.31. The van der Waals surface area contributed by atoms with Crippen molar-refractivity contribution in [1.29, 1.82) is 0 Å². The van der Waals surface area contributed by atoms with Crippen molar-refractivity contribution in [2.45, 2.75) is 13.0 Å². The minimum absolute atomic E-state index is 0.0399. The first-order valence-electron chi connectivity index (χ1n) is 8.83. The first-order valence-corrected chi connectivity index (χ1v) is 10.5. The van der Waals surface area contributed by atoms with E-state index < -0.39 is 23.5 Å². The highest BCUT2D eigenvalue weighted by atomic mass is 32.1. The van der Waals surface area contributed by atoms with Crippen molar-refractivity contribution in [3.63, 3.8) is 0 Å². The molecule has 3 aromatic rings. The van der Waals surface area contributed by atoms with Gasteiger partial charge in [-0.15, -0.1) is 21.5 Å². The molecule has 1 aliphatic heterocycles. The van der Waals surface area contributed by atoms with Crippen LogP contribution >= 0.6 is 22.7 Å². The maximum atomic E-state index is 13.3. The molecule has 0 radical (unpaired) electrons. The summed E-state index contributed by atoms with van der Waals surface area (Å²) in [4.78, 5) is 28.1. The number of rotatable bonds is 6. The van der Waals surface area contributed by atoms with Gasteiger partial charge in [0.25, 0.3) is 5.91 Å². The third-order valence-corrected chi connectivity index (χ3v) is 6.36. The van der Waals surface area contributed by atoms with Crippen molar-refractivity contribution in [1.82, 2.24) is 10.2 Å². The topological polar surface area (TPSA) is 102 Å². The van der Waals surface area contributed by atoms with Crippen molar-refractivity contribution in [3.8, 4) is 11.5 Å². The lowest BCUT2D eigenvalue weighted by molar-refractivity contribution is -0.117. The number of amides is 1. The van der Waals surface area contributed by atoms with Crippen LogP contribution in [0, 0.1) is 6.92 Å². The van der Waals surface area contributed by atoms with E-state index in [-0.39, 0.29) is 10.7 Å². The molecular formula is C20H17N3O5S2. The monoisotopic (exact) mass is 443 g/mol. The van der Waals surface area contributed by atoms with E-state index in [4.69, 9.17) is 9.47 Å². The van der Waals surface area contributed by atoms with Gasteiger partial charge in [0.1, 0.15) is 22.5 Å². The number of aryl methyl sites for hydroxylation is 1. The number of aliphatic hydroxyl groups excluding tert-OH is 1. The number of carbonyl (C=O) groups is 2. The molecule has 0 bridgehead atoms. The van der Waals surface area contributed by atoms with Crippen LogP contribution in [-0.2, 0) is 4.79 Å². The Morgan fingerprint density at radius 2 is 2.00 bits per heavy atom. The molecule has 0 fully saturated rings. The summed E-state index contributed by atoms with van der Waals surface area (Å²) in [5.74, 6) is -0.821. The lowest BCUT2D eigenvalue weighted by atomic mass is 9.94. The number of aromatic nitrogens is 2. The quantitative estimate of drug-likeness (QED) is 0.580. The van der Waals surface area contributed by atoms with Gasteiger partial charge < -0.3 is 14.6 Å². The average molecular weight is 444 g/mol. The number of hydrogen-bond donors (Lipinski definition) is 1. The number of nitrogens with zero attached hydrogens (tertiary/aromatic N) is 3. The maximum Gasteiger partial charge on any atom is 0.296 e. The van der Waals surface area contributed by atoms with Crippen molar-refractivity contribution < 1.29 is 24.2 Å². The molecule has 10 heteroatoms. The van der Waals surface area contributed by atoms with Crippen LogP contribution in [-0.4, -0.2) is 41.2 Å². The molecule has 8 nitrogen and oxygen atoms in total. The van der Waals surface area contributed by atoms with Crippen molar-refractivity contribution in [3.05, 3.63) is 62.5 Å². The van der Waals surface area contributed by atoms with Crippen molar-refractivity contribution in [2.24, 2.45) is 0 Å². The first-order chi connectivity index (χ1) is 14.5. The highest BCUT2D eigenvalue weighted by molar-refractivity contribution is 7.15. The second-order valence-electron chi connectivity index (χ2n) is 6.36. The highest BCUT2D eigenvalue weighted by Crippen LogP contribution is 2.46. The fraction of sp³-hybridized carbons (Fsp3) is 0.200. The standard InChI is InChI=1S/C20H17N3O5S2/c1-10-21-22-20(30-10)23-16(12-9-11(27-2)6-7-13(12)28-3)15(18(25)19(23)26)17(24)14-5-4-8-29-14/h4-9,16,25H,1-3H3. The molecular weight excluding hydrogens is 426 g/mol. The zero-order chi connectivity index (χ0) is 21.4. The lowest BCUT2D eigenvalue weighted by Gasteiger charge is -2.25.